The van der Waals surface area contributed by atoms with Crippen LogP contribution < -0.4 is 10.1 Å². The molecule has 0 spiro atoms. The van der Waals surface area contributed by atoms with E-state index in [9.17, 15) is 14.0 Å². The van der Waals surface area contributed by atoms with Crippen LogP contribution in [0.4, 0.5) is 4.39 Å². The molecular formula is C29H38FN3O4S. The van der Waals surface area contributed by atoms with Gasteiger partial charge in [-0.2, -0.15) is 12.6 Å². The van der Waals surface area contributed by atoms with E-state index in [-0.39, 0.29) is 17.4 Å². The number of halogens is 1. The maximum Gasteiger partial charge on any atom is 0.336 e. The van der Waals surface area contributed by atoms with E-state index in [0.29, 0.717) is 42.0 Å². The minimum absolute atomic E-state index is 0.0489. The molecule has 38 heavy (non-hydrogen) atoms. The van der Waals surface area contributed by atoms with Gasteiger partial charge in [-0.1, -0.05) is 64.1 Å². The Morgan fingerprint density at radius 2 is 1.76 bits per heavy atom. The number of aryl methyl sites for hydroxylation is 1. The number of hydrogen-bond acceptors (Lipinski definition) is 5. The van der Waals surface area contributed by atoms with Crippen molar-refractivity contribution in [1.82, 2.24) is 15.3 Å². The Kier molecular flexibility index (Phi) is 12.9. The average molecular weight is 544 g/mol. The Hall–Kier alpha value is -3.33. The minimum atomic E-state index is -1.06. The lowest BCUT2D eigenvalue weighted by Gasteiger charge is -2.16. The number of rotatable bonds is 12. The monoisotopic (exact) mass is 543 g/mol. The first-order valence-corrected chi connectivity index (χ1v) is 13.5. The second-order valence-corrected chi connectivity index (χ2v) is 9.59. The van der Waals surface area contributed by atoms with Crippen LogP contribution in [0, 0.1) is 17.7 Å². The third kappa shape index (κ3) is 9.20. The van der Waals surface area contributed by atoms with Gasteiger partial charge in [-0.05, 0) is 42.9 Å². The van der Waals surface area contributed by atoms with Gasteiger partial charge < -0.3 is 20.1 Å². The molecule has 2 aromatic carbocycles. The summed E-state index contributed by atoms with van der Waals surface area (Å²) in [6.07, 6.45) is 2.59. The Bertz CT molecular complexity index is 1180. The Labute approximate surface area is 229 Å². The summed E-state index contributed by atoms with van der Waals surface area (Å²) in [5, 5.41) is 12.0. The van der Waals surface area contributed by atoms with Crippen molar-refractivity contribution >= 4 is 24.5 Å². The number of aromatic nitrogens is 2. The first kappa shape index (κ1) is 30.9. The maximum atomic E-state index is 13.5. The molecule has 3 N–H and O–H groups in total. The van der Waals surface area contributed by atoms with E-state index >= 15 is 0 Å². The number of nitrogens with zero attached hydrogens (tertiary/aromatic N) is 1. The molecule has 0 aliphatic carbocycles. The molecule has 3 aromatic rings. The summed E-state index contributed by atoms with van der Waals surface area (Å²) < 4.78 is 19.0. The van der Waals surface area contributed by atoms with Crippen molar-refractivity contribution in [2.45, 2.75) is 53.5 Å². The molecule has 3 rings (SSSR count). The number of carbonyl (C=O) groups excluding carboxylic acids is 1. The van der Waals surface area contributed by atoms with E-state index in [4.69, 9.17) is 9.84 Å². The molecular weight excluding hydrogens is 505 g/mol. The highest BCUT2D eigenvalue weighted by atomic mass is 32.1. The molecule has 0 radical (unpaired) electrons. The van der Waals surface area contributed by atoms with Crippen molar-refractivity contribution in [3.8, 4) is 17.1 Å². The summed E-state index contributed by atoms with van der Waals surface area (Å²) in [5.74, 6) is -0.424. The summed E-state index contributed by atoms with van der Waals surface area (Å²) in [4.78, 5) is 30.8. The number of amides is 1. The molecule has 206 valence electrons. The van der Waals surface area contributed by atoms with Crippen molar-refractivity contribution in [2.75, 3.05) is 12.4 Å². The van der Waals surface area contributed by atoms with Gasteiger partial charge in [0, 0.05) is 17.2 Å². The fourth-order valence-corrected chi connectivity index (χ4v) is 4.18. The number of H-pyrrole nitrogens is 1. The average Bonchev–Trinajstić information content (AvgIpc) is 3.31. The molecule has 0 aliphatic heterocycles. The molecule has 0 saturated heterocycles. The van der Waals surface area contributed by atoms with Crippen LogP contribution in [0.1, 0.15) is 62.3 Å². The fourth-order valence-electron chi connectivity index (χ4n) is 3.86. The third-order valence-corrected chi connectivity index (χ3v) is 6.17. The van der Waals surface area contributed by atoms with E-state index in [1.807, 2.05) is 6.92 Å². The number of thiol groups is 1. The maximum absolute atomic E-state index is 13.5. The lowest BCUT2D eigenvalue weighted by Crippen LogP contribution is -2.32. The standard InChI is InChI=1S/C16H29N3O2S.C13H9FO2/c1-5-7-21-16-18-13(6-2)14(19-16)9-17-15(20)12(10-22)8-11(3)4;14-12-8-4-3-6-10(12)9-5-1-2-7-11(9)13(15)16/h11-12,22H,5-10H2,1-4H3,(H,17,20)(H,18,19);1-8H,(H,15,16)/t12-;/m0./s1. The normalized spacial score (nSPS) is 11.4. The first-order valence-electron chi connectivity index (χ1n) is 12.9. The molecule has 9 heteroatoms. The van der Waals surface area contributed by atoms with Crippen molar-refractivity contribution in [2.24, 2.45) is 11.8 Å². The highest BCUT2D eigenvalue weighted by molar-refractivity contribution is 7.80. The van der Waals surface area contributed by atoms with Gasteiger partial charge in [0.05, 0.1) is 30.1 Å². The van der Waals surface area contributed by atoms with E-state index in [0.717, 1.165) is 30.7 Å². The molecule has 0 aliphatic rings. The highest BCUT2D eigenvalue weighted by Gasteiger charge is 2.19. The molecule has 0 bridgehead atoms. The molecule has 1 amide bonds. The number of hydrogen-bond donors (Lipinski definition) is 4. The van der Waals surface area contributed by atoms with Crippen LogP contribution in [-0.2, 0) is 17.8 Å². The zero-order valence-electron chi connectivity index (χ0n) is 22.5. The van der Waals surface area contributed by atoms with E-state index in [1.165, 1.54) is 12.1 Å². The second kappa shape index (κ2) is 15.8. The topological polar surface area (TPSA) is 104 Å². The number of benzene rings is 2. The number of nitrogens with one attached hydrogen (secondary N) is 2. The van der Waals surface area contributed by atoms with Gasteiger partial charge in [-0.15, -0.1) is 0 Å². The predicted molar refractivity (Wildman–Crippen MR) is 151 cm³/mol. The third-order valence-electron chi connectivity index (χ3n) is 5.73. The molecule has 0 unspecified atom stereocenters. The number of carboxylic acids is 1. The SMILES string of the molecule is CCCOc1nc(CC)c(CNC(=O)[C@H](CS)CC(C)C)[nH]1.O=C(O)c1ccccc1-c1ccccc1F. The van der Waals surface area contributed by atoms with Crippen LogP contribution in [0.5, 0.6) is 6.01 Å². The summed E-state index contributed by atoms with van der Waals surface area (Å²) in [6, 6.07) is 13.0. The molecule has 1 heterocycles. The first-order chi connectivity index (χ1) is 18.2. The molecule has 0 fully saturated rings. The summed E-state index contributed by atoms with van der Waals surface area (Å²) in [7, 11) is 0. The quantitative estimate of drug-likeness (QED) is 0.205. The van der Waals surface area contributed by atoms with Crippen LogP contribution >= 0.6 is 12.6 Å². The summed E-state index contributed by atoms with van der Waals surface area (Å²) in [6.45, 7) is 9.42. The van der Waals surface area contributed by atoms with Crippen LogP contribution in [0.2, 0.25) is 0 Å². The minimum Gasteiger partial charge on any atom is -0.478 e. The molecule has 7 nitrogen and oxygen atoms in total. The summed E-state index contributed by atoms with van der Waals surface area (Å²) >= 11 is 4.29. The predicted octanol–water partition coefficient (Wildman–Crippen LogP) is 6.16. The van der Waals surface area contributed by atoms with Crippen LogP contribution in [0.15, 0.2) is 48.5 Å². The van der Waals surface area contributed by atoms with Crippen LogP contribution in [-0.4, -0.2) is 39.3 Å². The van der Waals surface area contributed by atoms with Gasteiger partial charge in [0.1, 0.15) is 5.82 Å². The molecule has 1 atom stereocenters. The number of carboxylic acid groups (broad SMARTS) is 1. The van der Waals surface area contributed by atoms with Crippen LogP contribution in [0.3, 0.4) is 0 Å². The van der Waals surface area contributed by atoms with Gasteiger partial charge >= 0.3 is 5.97 Å². The lowest BCUT2D eigenvalue weighted by atomic mass is 9.98. The van der Waals surface area contributed by atoms with Crippen molar-refractivity contribution in [3.63, 3.8) is 0 Å². The zero-order valence-corrected chi connectivity index (χ0v) is 23.4. The smallest absolute Gasteiger partial charge is 0.336 e. The van der Waals surface area contributed by atoms with Gasteiger partial charge in [0.2, 0.25) is 5.91 Å². The zero-order chi connectivity index (χ0) is 28.1. The van der Waals surface area contributed by atoms with Crippen molar-refractivity contribution < 1.29 is 23.8 Å². The highest BCUT2D eigenvalue weighted by Crippen LogP contribution is 2.26. The van der Waals surface area contributed by atoms with E-state index < -0.39 is 11.8 Å². The number of aromatic amines is 1. The number of imidazole rings is 1. The second-order valence-electron chi connectivity index (χ2n) is 9.23. The van der Waals surface area contributed by atoms with Crippen molar-refractivity contribution in [3.05, 3.63) is 71.3 Å². The Balaban J connectivity index is 0.000000279. The van der Waals surface area contributed by atoms with Gasteiger partial charge in [0.15, 0.2) is 0 Å². The molecule has 1 aromatic heterocycles. The molecule has 0 saturated carbocycles. The Morgan fingerprint density at radius 1 is 1.11 bits per heavy atom. The van der Waals surface area contributed by atoms with Gasteiger partial charge in [-0.3, -0.25) is 4.79 Å². The summed E-state index contributed by atoms with van der Waals surface area (Å²) in [5.41, 5.74) is 2.67. The van der Waals surface area contributed by atoms with Crippen LogP contribution in [0.25, 0.3) is 11.1 Å². The Morgan fingerprint density at radius 3 is 2.34 bits per heavy atom. The van der Waals surface area contributed by atoms with E-state index in [2.05, 4.69) is 48.7 Å². The van der Waals surface area contributed by atoms with Gasteiger partial charge in [-0.25, -0.2) is 14.2 Å². The number of ether oxygens (including phenoxy) is 1. The van der Waals surface area contributed by atoms with Crippen molar-refractivity contribution in [1.29, 1.82) is 0 Å². The largest absolute Gasteiger partial charge is 0.478 e. The fraction of sp³-hybridized carbons (Fsp3) is 0.414. The number of aromatic carboxylic acids is 1. The number of carbonyl (C=O) groups is 2. The van der Waals surface area contributed by atoms with Gasteiger partial charge in [0.25, 0.3) is 6.01 Å². The van der Waals surface area contributed by atoms with E-state index in [1.54, 1.807) is 36.4 Å². The lowest BCUT2D eigenvalue weighted by molar-refractivity contribution is -0.124.